The third kappa shape index (κ3) is 2.70. The molecule has 0 bridgehead atoms. The maximum Gasteiger partial charge on any atom is 0.326 e. The first-order valence-corrected chi connectivity index (χ1v) is 9.74. The number of para-hydroxylation sites is 3. The highest BCUT2D eigenvalue weighted by Gasteiger charge is 2.27. The first-order valence-electron chi connectivity index (χ1n) is 9.74. The van der Waals surface area contributed by atoms with Crippen molar-refractivity contribution in [1.82, 2.24) is 19.4 Å². The number of rotatable bonds is 4. The van der Waals surface area contributed by atoms with E-state index in [-0.39, 0.29) is 5.69 Å². The summed E-state index contributed by atoms with van der Waals surface area (Å²) in [5.74, 6) is 0. The zero-order valence-electron chi connectivity index (χ0n) is 15.5. The minimum atomic E-state index is -0.0208. The average Bonchev–Trinajstić information content (AvgIpc) is 3.21. The van der Waals surface area contributed by atoms with Crippen molar-refractivity contribution in [3.05, 3.63) is 70.3 Å². The van der Waals surface area contributed by atoms with Crippen molar-refractivity contribution in [2.24, 2.45) is 0 Å². The van der Waals surface area contributed by atoms with Gasteiger partial charge in [-0.15, -0.1) is 0 Å². The number of hydrogen-bond acceptors (Lipinski definition) is 2. The molecule has 4 aromatic rings. The molecule has 138 valence electrons. The molecule has 1 atom stereocenters. The van der Waals surface area contributed by atoms with E-state index in [0.717, 1.165) is 37.0 Å². The molecule has 0 radical (unpaired) electrons. The smallest absolute Gasteiger partial charge is 0.326 e. The van der Waals surface area contributed by atoms with Crippen LogP contribution in [0.3, 0.4) is 0 Å². The number of benzene rings is 2. The van der Waals surface area contributed by atoms with Crippen LogP contribution in [0.2, 0.25) is 0 Å². The van der Waals surface area contributed by atoms with Crippen molar-refractivity contribution in [3.8, 4) is 0 Å². The van der Waals surface area contributed by atoms with E-state index in [9.17, 15) is 4.79 Å². The third-order valence-corrected chi connectivity index (χ3v) is 5.98. The van der Waals surface area contributed by atoms with E-state index < -0.39 is 0 Å². The second-order valence-electron chi connectivity index (χ2n) is 7.46. The molecule has 1 unspecified atom stereocenters. The van der Waals surface area contributed by atoms with E-state index in [4.69, 9.17) is 0 Å². The van der Waals surface area contributed by atoms with Crippen LogP contribution in [-0.4, -0.2) is 32.0 Å². The number of H-pyrrole nitrogens is 2. The van der Waals surface area contributed by atoms with Crippen LogP contribution < -0.4 is 5.69 Å². The van der Waals surface area contributed by atoms with E-state index in [2.05, 4.69) is 46.1 Å². The summed E-state index contributed by atoms with van der Waals surface area (Å²) in [5.41, 5.74) is 5.90. The zero-order chi connectivity index (χ0) is 18.4. The van der Waals surface area contributed by atoms with Gasteiger partial charge in [-0.2, -0.15) is 0 Å². The highest BCUT2D eigenvalue weighted by atomic mass is 16.1. The molecular formula is C22H24N4O. The van der Waals surface area contributed by atoms with Gasteiger partial charge in [0, 0.05) is 42.3 Å². The number of imidazole rings is 1. The fraction of sp³-hybridized carbons (Fsp3) is 0.318. The molecule has 1 aliphatic rings. The molecule has 5 rings (SSSR count). The Hall–Kier alpha value is -2.79. The van der Waals surface area contributed by atoms with Gasteiger partial charge >= 0.3 is 5.69 Å². The Balaban J connectivity index is 1.43. The first-order chi connectivity index (χ1) is 13.2. The van der Waals surface area contributed by atoms with Gasteiger partial charge in [0.1, 0.15) is 0 Å². The summed E-state index contributed by atoms with van der Waals surface area (Å²) >= 11 is 0. The molecule has 2 aromatic heterocycles. The molecule has 0 aliphatic carbocycles. The van der Waals surface area contributed by atoms with Gasteiger partial charge in [-0.1, -0.05) is 37.3 Å². The minimum absolute atomic E-state index is 0.0208. The number of nitrogens with one attached hydrogen (secondary N) is 2. The van der Waals surface area contributed by atoms with Crippen LogP contribution in [0.5, 0.6) is 0 Å². The topological polar surface area (TPSA) is 56.8 Å². The zero-order valence-corrected chi connectivity index (χ0v) is 15.5. The van der Waals surface area contributed by atoms with Gasteiger partial charge in [-0.3, -0.25) is 9.47 Å². The third-order valence-electron chi connectivity index (χ3n) is 5.98. The quantitative estimate of drug-likeness (QED) is 0.584. The Kier molecular flexibility index (Phi) is 3.90. The lowest BCUT2D eigenvalue weighted by atomic mass is 9.95. The molecule has 0 amide bonds. The Morgan fingerprint density at radius 2 is 1.78 bits per heavy atom. The Morgan fingerprint density at radius 3 is 2.63 bits per heavy atom. The van der Waals surface area contributed by atoms with Gasteiger partial charge in [0.15, 0.2) is 0 Å². The molecule has 27 heavy (non-hydrogen) atoms. The molecule has 0 fully saturated rings. The lowest BCUT2D eigenvalue weighted by Crippen LogP contribution is -2.42. The van der Waals surface area contributed by atoms with Crippen LogP contribution in [0.4, 0.5) is 0 Å². The SMILES string of the molecule is CCC1Cc2c([nH]c3ccccc23)CN1CCn1c(=O)[nH]c2ccccc21. The van der Waals surface area contributed by atoms with Gasteiger partial charge < -0.3 is 9.97 Å². The van der Waals surface area contributed by atoms with Crippen LogP contribution in [-0.2, 0) is 19.5 Å². The van der Waals surface area contributed by atoms with Crippen LogP contribution >= 0.6 is 0 Å². The summed E-state index contributed by atoms with van der Waals surface area (Å²) < 4.78 is 1.86. The molecular weight excluding hydrogens is 336 g/mol. The fourth-order valence-corrected chi connectivity index (χ4v) is 4.54. The fourth-order valence-electron chi connectivity index (χ4n) is 4.54. The van der Waals surface area contributed by atoms with Gasteiger partial charge in [-0.05, 0) is 36.6 Å². The Morgan fingerprint density at radius 1 is 1.00 bits per heavy atom. The number of aromatic nitrogens is 3. The maximum absolute atomic E-state index is 12.4. The lowest BCUT2D eigenvalue weighted by Gasteiger charge is -2.35. The van der Waals surface area contributed by atoms with Crippen molar-refractivity contribution < 1.29 is 0 Å². The second-order valence-corrected chi connectivity index (χ2v) is 7.46. The normalized spacial score (nSPS) is 17.6. The first kappa shape index (κ1) is 16.4. The number of aromatic amines is 2. The monoisotopic (exact) mass is 360 g/mol. The molecule has 0 saturated carbocycles. The van der Waals surface area contributed by atoms with Crippen LogP contribution in [0.1, 0.15) is 24.6 Å². The molecule has 3 heterocycles. The highest BCUT2D eigenvalue weighted by molar-refractivity contribution is 5.85. The maximum atomic E-state index is 12.4. The van der Waals surface area contributed by atoms with Crippen molar-refractivity contribution in [2.45, 2.75) is 38.9 Å². The number of fused-ring (bicyclic) bond motifs is 4. The summed E-state index contributed by atoms with van der Waals surface area (Å²) in [5, 5.41) is 1.36. The van der Waals surface area contributed by atoms with Crippen LogP contribution in [0.15, 0.2) is 53.3 Å². The summed E-state index contributed by atoms with van der Waals surface area (Å²) in [6, 6.07) is 17.0. The van der Waals surface area contributed by atoms with Gasteiger partial charge in [0.05, 0.1) is 11.0 Å². The predicted octanol–water partition coefficient (Wildman–Crippen LogP) is 3.65. The summed E-state index contributed by atoms with van der Waals surface area (Å²) in [7, 11) is 0. The van der Waals surface area contributed by atoms with Crippen molar-refractivity contribution >= 4 is 21.9 Å². The largest absolute Gasteiger partial charge is 0.357 e. The Labute approximate surface area is 157 Å². The standard InChI is InChI=1S/C22H24N4O/c1-2-15-13-17-16-7-3-4-8-18(16)23-20(17)14-25(15)11-12-26-21-10-6-5-9-19(21)24-22(26)27/h3-10,15,23H,2,11-14H2,1H3,(H,24,27). The van der Waals surface area contributed by atoms with Crippen molar-refractivity contribution in [3.63, 3.8) is 0 Å². The van der Waals surface area contributed by atoms with Crippen LogP contribution in [0.25, 0.3) is 21.9 Å². The molecule has 2 aromatic carbocycles. The molecule has 0 saturated heterocycles. The summed E-state index contributed by atoms with van der Waals surface area (Å²) in [6.45, 7) is 4.75. The number of hydrogen-bond donors (Lipinski definition) is 2. The molecule has 5 nitrogen and oxygen atoms in total. The van der Waals surface area contributed by atoms with E-state index >= 15 is 0 Å². The van der Waals surface area contributed by atoms with Crippen LogP contribution in [0, 0.1) is 0 Å². The van der Waals surface area contributed by atoms with Gasteiger partial charge in [0.2, 0.25) is 0 Å². The summed E-state index contributed by atoms with van der Waals surface area (Å²) in [6.07, 6.45) is 2.18. The van der Waals surface area contributed by atoms with E-state index in [1.807, 2.05) is 28.8 Å². The molecule has 2 N–H and O–H groups in total. The number of nitrogens with zero attached hydrogens (tertiary/aromatic N) is 2. The van der Waals surface area contributed by atoms with E-state index in [1.54, 1.807) is 0 Å². The summed E-state index contributed by atoms with van der Waals surface area (Å²) in [4.78, 5) is 21.4. The van der Waals surface area contributed by atoms with Crippen molar-refractivity contribution in [2.75, 3.05) is 6.54 Å². The van der Waals surface area contributed by atoms with E-state index in [1.165, 1.54) is 22.2 Å². The predicted molar refractivity (Wildman–Crippen MR) is 109 cm³/mol. The highest BCUT2D eigenvalue weighted by Crippen LogP contribution is 2.31. The lowest BCUT2D eigenvalue weighted by molar-refractivity contribution is 0.159. The molecule has 1 aliphatic heterocycles. The second kappa shape index (κ2) is 6.43. The van der Waals surface area contributed by atoms with Crippen molar-refractivity contribution in [1.29, 1.82) is 0 Å². The Bertz CT molecular complexity index is 1170. The molecule has 5 heteroatoms. The minimum Gasteiger partial charge on any atom is -0.357 e. The average molecular weight is 360 g/mol. The molecule has 0 spiro atoms. The van der Waals surface area contributed by atoms with E-state index in [0.29, 0.717) is 12.6 Å². The van der Waals surface area contributed by atoms with Gasteiger partial charge in [0.25, 0.3) is 0 Å². The van der Waals surface area contributed by atoms with Gasteiger partial charge in [-0.25, -0.2) is 4.79 Å².